The number of carboxylic acids is 2. The molecule has 0 radical (unpaired) electrons. The van der Waals surface area contributed by atoms with Crippen LogP contribution in [0.25, 0.3) is 0 Å². The van der Waals surface area contributed by atoms with Crippen molar-refractivity contribution in [2.24, 2.45) is 10.8 Å². The summed E-state index contributed by atoms with van der Waals surface area (Å²) in [5, 5.41) is 39.1. The van der Waals surface area contributed by atoms with E-state index in [1.165, 1.54) is 0 Å². The number of hydrogen-bond acceptors (Lipinski definition) is 13. The van der Waals surface area contributed by atoms with E-state index in [1.807, 2.05) is 27.7 Å². The molecule has 1 rings (SSSR count). The molecule has 290 valence electrons. The molecule has 21 heteroatoms. The van der Waals surface area contributed by atoms with Crippen LogP contribution in [-0.2, 0) is 54.7 Å². The normalized spacial score (nSPS) is 13.1. The van der Waals surface area contributed by atoms with Gasteiger partial charge < -0.3 is 35.6 Å². The number of amides is 4. The first kappa shape index (κ1) is 44.8. The smallest absolute Gasteiger partial charge is 0.326 e. The van der Waals surface area contributed by atoms with Crippen LogP contribution in [-0.4, -0.2) is 126 Å². The summed E-state index contributed by atoms with van der Waals surface area (Å²) in [5.74, 6) is -4.81. The quantitative estimate of drug-likeness (QED) is 0.0546. The molecule has 1 aromatic heterocycles. The number of rotatable bonds is 27. The van der Waals surface area contributed by atoms with Crippen molar-refractivity contribution in [3.63, 3.8) is 0 Å². The van der Waals surface area contributed by atoms with Gasteiger partial charge in [0.05, 0.1) is 25.6 Å². The lowest BCUT2D eigenvalue weighted by molar-refractivity contribution is -0.144. The largest absolute Gasteiger partial charge is 0.480 e. The van der Waals surface area contributed by atoms with Crippen LogP contribution in [0.3, 0.4) is 0 Å². The number of carbonyl (C=O) groups excluding carboxylic acids is 4. The van der Waals surface area contributed by atoms with Gasteiger partial charge in [0.2, 0.25) is 33.7 Å². The number of H-pyrrole nitrogens is 1. The molecule has 4 amide bonds. The van der Waals surface area contributed by atoms with Gasteiger partial charge in [0.1, 0.15) is 24.5 Å². The average molecular weight is 749 g/mol. The fraction of sp³-hybridized carbons (Fsp3) is 0.767. The lowest BCUT2D eigenvalue weighted by atomic mass is 9.71. The summed E-state index contributed by atoms with van der Waals surface area (Å²) < 4.78 is 37.4. The zero-order valence-electron chi connectivity index (χ0n) is 29.8. The Labute approximate surface area is 297 Å². The molecule has 1 unspecified atom stereocenters. The number of aromatic amines is 1. The second kappa shape index (κ2) is 21.9. The second-order valence-electron chi connectivity index (χ2n) is 13.5. The molecule has 0 spiro atoms. The Morgan fingerprint density at radius 2 is 1.49 bits per heavy atom. The van der Waals surface area contributed by atoms with Gasteiger partial charge in [-0.1, -0.05) is 34.6 Å². The van der Waals surface area contributed by atoms with Crippen LogP contribution in [0.2, 0.25) is 0 Å². The fourth-order valence-electron chi connectivity index (χ4n) is 5.35. The number of hydrogen-bond donors (Lipinski definition) is 7. The molecule has 0 saturated heterocycles. The molecule has 0 fully saturated rings. The average Bonchev–Trinajstić information content (AvgIpc) is 3.49. The van der Waals surface area contributed by atoms with Crippen molar-refractivity contribution in [1.82, 2.24) is 41.3 Å². The number of sulfonamides is 1. The Balaban J connectivity index is 2.21. The van der Waals surface area contributed by atoms with Gasteiger partial charge in [-0.2, -0.15) is 0 Å². The van der Waals surface area contributed by atoms with E-state index in [0.717, 1.165) is 0 Å². The molecule has 20 nitrogen and oxygen atoms in total. The van der Waals surface area contributed by atoms with Gasteiger partial charge >= 0.3 is 11.9 Å². The van der Waals surface area contributed by atoms with Gasteiger partial charge in [-0.05, 0) is 46.9 Å². The molecule has 0 bridgehead atoms. The number of tetrazole rings is 1. The highest BCUT2D eigenvalue weighted by Gasteiger charge is 2.32. The van der Waals surface area contributed by atoms with Crippen molar-refractivity contribution in [3.05, 3.63) is 5.82 Å². The number of carboxylic acid groups (broad SMARTS) is 2. The van der Waals surface area contributed by atoms with E-state index < -0.39 is 75.4 Å². The number of nitrogens with zero attached hydrogens (tertiary/aromatic N) is 3. The molecule has 0 aliphatic rings. The van der Waals surface area contributed by atoms with E-state index in [4.69, 9.17) is 14.6 Å². The third-order valence-corrected chi connectivity index (χ3v) is 8.59. The van der Waals surface area contributed by atoms with Gasteiger partial charge in [0.15, 0.2) is 0 Å². The molecule has 51 heavy (non-hydrogen) atoms. The molecule has 0 aliphatic carbocycles. The van der Waals surface area contributed by atoms with Crippen molar-refractivity contribution in [3.8, 4) is 0 Å². The zero-order chi connectivity index (χ0) is 38.7. The summed E-state index contributed by atoms with van der Waals surface area (Å²) in [6.45, 7) is 9.13. The topological polar surface area (TPSA) is 298 Å². The summed E-state index contributed by atoms with van der Waals surface area (Å²) in [4.78, 5) is 71.0. The van der Waals surface area contributed by atoms with Crippen LogP contribution in [0.15, 0.2) is 0 Å². The van der Waals surface area contributed by atoms with Gasteiger partial charge in [-0.15, -0.1) is 5.10 Å². The van der Waals surface area contributed by atoms with E-state index in [0.29, 0.717) is 18.7 Å². The lowest BCUT2D eigenvalue weighted by Gasteiger charge is -2.34. The van der Waals surface area contributed by atoms with Crippen molar-refractivity contribution < 1.29 is 56.9 Å². The summed E-state index contributed by atoms with van der Waals surface area (Å²) in [6, 6.07) is -2.48. The molecular formula is C30H52N8O12S. The van der Waals surface area contributed by atoms with Gasteiger partial charge in [-0.3, -0.25) is 23.9 Å². The predicted octanol–water partition coefficient (Wildman–Crippen LogP) is -0.721. The maximum atomic E-state index is 12.5. The van der Waals surface area contributed by atoms with Crippen LogP contribution in [0.4, 0.5) is 0 Å². The highest BCUT2D eigenvalue weighted by atomic mass is 32.2. The first-order valence-corrected chi connectivity index (χ1v) is 18.1. The molecule has 1 heterocycles. The monoisotopic (exact) mass is 748 g/mol. The van der Waals surface area contributed by atoms with Crippen molar-refractivity contribution in [1.29, 1.82) is 0 Å². The van der Waals surface area contributed by atoms with Gasteiger partial charge in [-0.25, -0.2) is 23.1 Å². The summed E-state index contributed by atoms with van der Waals surface area (Å²) in [5.41, 5.74) is -0.778. The maximum Gasteiger partial charge on any atom is 0.326 e. The minimum Gasteiger partial charge on any atom is -0.480 e. The van der Waals surface area contributed by atoms with E-state index >= 15 is 0 Å². The summed E-state index contributed by atoms with van der Waals surface area (Å²) >= 11 is 0. The van der Waals surface area contributed by atoms with Crippen LogP contribution in [0.5, 0.6) is 0 Å². The Morgan fingerprint density at radius 3 is 2.10 bits per heavy atom. The third kappa shape index (κ3) is 20.9. The molecule has 0 aliphatic heterocycles. The van der Waals surface area contributed by atoms with Crippen LogP contribution < -0.4 is 20.7 Å². The summed E-state index contributed by atoms with van der Waals surface area (Å²) in [6.07, 6.45) is 0.617. The van der Waals surface area contributed by atoms with E-state index in [9.17, 15) is 42.3 Å². The van der Waals surface area contributed by atoms with Gasteiger partial charge in [0.25, 0.3) is 0 Å². The minimum absolute atomic E-state index is 0.00712. The summed E-state index contributed by atoms with van der Waals surface area (Å²) in [7, 11) is -3.94. The van der Waals surface area contributed by atoms with E-state index in [-0.39, 0.29) is 70.3 Å². The van der Waals surface area contributed by atoms with Crippen molar-refractivity contribution in [2.75, 3.05) is 38.7 Å². The minimum atomic E-state index is -3.94. The number of aliphatic carboxylic acids is 2. The van der Waals surface area contributed by atoms with Crippen LogP contribution >= 0.6 is 0 Å². The number of carbonyl (C=O) groups is 6. The van der Waals surface area contributed by atoms with Crippen LogP contribution in [0.1, 0.15) is 85.4 Å². The third-order valence-electron chi connectivity index (χ3n) is 7.23. The Hall–Kier alpha value is -4.24. The lowest BCUT2D eigenvalue weighted by Crippen LogP contribution is -2.44. The predicted molar refractivity (Wildman–Crippen MR) is 179 cm³/mol. The Kier molecular flexibility index (Phi) is 19.2. The Morgan fingerprint density at radius 1 is 0.843 bits per heavy atom. The van der Waals surface area contributed by atoms with Crippen molar-refractivity contribution in [2.45, 2.75) is 98.1 Å². The molecule has 1 aromatic rings. The van der Waals surface area contributed by atoms with Crippen molar-refractivity contribution >= 4 is 45.6 Å². The number of aromatic nitrogens is 4. The second-order valence-corrected chi connectivity index (χ2v) is 15.4. The number of ether oxygens (including phenoxy) is 2. The molecule has 7 N–H and O–H groups in total. The molecular weight excluding hydrogens is 696 g/mol. The zero-order valence-corrected chi connectivity index (χ0v) is 30.6. The van der Waals surface area contributed by atoms with E-state index in [1.54, 1.807) is 6.92 Å². The maximum absolute atomic E-state index is 12.5. The molecule has 0 saturated carbocycles. The standard InChI is InChI=1S/C30H52N8O12S/c1-6-20(27(43)44)32-24(40)10-9-21(28(45)46)33-26(42)18-50-14-13-49-12-11-31-23(39)8-7-15-51(47,48)36-25(41)17-30(4,5)19-29(2,3)16-22-34-37-38-35-22/h20-21H,6-19H2,1-5H3,(H,31,39)(H,32,40)(H,33,42)(H,36,41)(H,43,44)(H,45,46)(H,34,35,37,38)/t20?,21-/m0/s1. The SMILES string of the molecule is CCC(NC(=O)CC[C@H](NC(=O)COCCOCCNC(=O)CCCS(=O)(=O)NC(=O)CC(C)(C)CC(C)(C)Cc1nnn[nH]1)C(=O)O)C(=O)O. The van der Waals surface area contributed by atoms with Gasteiger partial charge in [0, 0.05) is 32.2 Å². The number of nitrogens with one attached hydrogen (secondary N) is 5. The van der Waals surface area contributed by atoms with Crippen LogP contribution in [0, 0.1) is 10.8 Å². The molecule has 2 atom stereocenters. The first-order valence-electron chi connectivity index (χ1n) is 16.5. The highest BCUT2D eigenvalue weighted by Crippen LogP contribution is 2.37. The van der Waals surface area contributed by atoms with E-state index in [2.05, 4.69) is 41.3 Å². The Bertz CT molecular complexity index is 1400. The highest BCUT2D eigenvalue weighted by molar-refractivity contribution is 7.90. The first-order chi connectivity index (χ1) is 23.7. The molecule has 0 aromatic carbocycles. The fourth-order valence-corrected chi connectivity index (χ4v) is 6.40.